The molecule has 0 unspecified atom stereocenters. The summed E-state index contributed by atoms with van der Waals surface area (Å²) in [5, 5.41) is 8.54. The molecule has 0 saturated heterocycles. The summed E-state index contributed by atoms with van der Waals surface area (Å²) in [6, 6.07) is 0.657. The minimum Gasteiger partial charge on any atom is -1.00 e. The molecule has 2 nitrogen and oxygen atoms in total. The van der Waals surface area contributed by atoms with Crippen molar-refractivity contribution in [1.29, 1.82) is 5.26 Å². The van der Waals surface area contributed by atoms with Gasteiger partial charge in [0, 0.05) is 12.1 Å². The van der Waals surface area contributed by atoms with Gasteiger partial charge in [0.05, 0.1) is 0 Å². The molecule has 0 aromatic rings. The zero-order chi connectivity index (χ0) is 7.44. The third-order valence-electron chi connectivity index (χ3n) is 1.23. The second kappa shape index (κ2) is 5.66. The molecule has 0 aliphatic rings. The predicted octanol–water partition coefficient (Wildman–Crippen LogP) is -1.30. The van der Waals surface area contributed by atoms with Gasteiger partial charge in [-0.3, -0.25) is 0 Å². The van der Waals surface area contributed by atoms with Crippen LogP contribution in [0.15, 0.2) is 0 Å². The van der Waals surface area contributed by atoms with Crippen molar-refractivity contribution in [2.75, 3.05) is 0 Å². The molecule has 0 aromatic heterocycles. The molecule has 0 spiro atoms. The Bertz CT molecular complexity index is 112. The van der Waals surface area contributed by atoms with E-state index in [1.54, 1.807) is 4.90 Å². The monoisotopic (exact) mass is 134 g/mol. The van der Waals surface area contributed by atoms with Crippen LogP contribution in [0.1, 0.15) is 29.1 Å². The quantitative estimate of drug-likeness (QED) is 0.267. The van der Waals surface area contributed by atoms with E-state index in [9.17, 15) is 0 Å². The summed E-state index contributed by atoms with van der Waals surface area (Å²) in [7, 11) is 0. The number of nitrogens with zero attached hydrogens (tertiary/aromatic N) is 2. The SMILES string of the molecule is CC(C)N(C#N)C(C)C.[H-].[Li+]. The molecule has 0 rings (SSSR count). The van der Waals surface area contributed by atoms with E-state index in [0.29, 0.717) is 12.1 Å². The molecule has 54 valence electrons. The van der Waals surface area contributed by atoms with Crippen LogP contribution < -0.4 is 18.9 Å². The van der Waals surface area contributed by atoms with Crippen LogP contribution >= 0.6 is 0 Å². The first kappa shape index (κ1) is 12.6. The number of nitriles is 1. The molecule has 0 aliphatic heterocycles. The summed E-state index contributed by atoms with van der Waals surface area (Å²) in [6.45, 7) is 8.07. The van der Waals surface area contributed by atoms with Gasteiger partial charge in [0.15, 0.2) is 6.19 Å². The van der Waals surface area contributed by atoms with Crippen molar-refractivity contribution in [3.63, 3.8) is 0 Å². The van der Waals surface area contributed by atoms with Gasteiger partial charge in [-0.15, -0.1) is 0 Å². The molecule has 0 saturated carbocycles. The third kappa shape index (κ3) is 3.83. The van der Waals surface area contributed by atoms with E-state index < -0.39 is 0 Å². The molecule has 3 heteroatoms. The van der Waals surface area contributed by atoms with Crippen molar-refractivity contribution in [2.45, 2.75) is 39.8 Å². The normalized spacial score (nSPS) is 8.90. The van der Waals surface area contributed by atoms with Gasteiger partial charge in [-0.1, -0.05) is 0 Å². The molecule has 0 amide bonds. The molecule has 0 radical (unpaired) electrons. The summed E-state index contributed by atoms with van der Waals surface area (Å²) in [6.07, 6.45) is 2.13. The van der Waals surface area contributed by atoms with Crippen LogP contribution in [-0.2, 0) is 0 Å². The van der Waals surface area contributed by atoms with Gasteiger partial charge in [0.2, 0.25) is 0 Å². The van der Waals surface area contributed by atoms with Crippen LogP contribution in [0.5, 0.6) is 0 Å². The van der Waals surface area contributed by atoms with Crippen molar-refractivity contribution in [2.24, 2.45) is 0 Å². The molecule has 0 fully saturated rings. The van der Waals surface area contributed by atoms with Crippen LogP contribution in [0.2, 0.25) is 0 Å². The van der Waals surface area contributed by atoms with Gasteiger partial charge < -0.3 is 6.33 Å². The van der Waals surface area contributed by atoms with E-state index >= 15 is 0 Å². The second-order valence-electron chi connectivity index (χ2n) is 2.69. The van der Waals surface area contributed by atoms with Gasteiger partial charge in [-0.25, -0.2) is 0 Å². The first-order chi connectivity index (χ1) is 4.09. The maximum Gasteiger partial charge on any atom is 1.00 e. The van der Waals surface area contributed by atoms with E-state index in [1.165, 1.54) is 0 Å². The molecule has 10 heavy (non-hydrogen) atoms. The van der Waals surface area contributed by atoms with Crippen molar-refractivity contribution in [3.8, 4) is 6.19 Å². The summed E-state index contributed by atoms with van der Waals surface area (Å²) in [5.74, 6) is 0. The largest absolute Gasteiger partial charge is 1.00 e. The second-order valence-corrected chi connectivity index (χ2v) is 2.69. The van der Waals surface area contributed by atoms with E-state index in [4.69, 9.17) is 5.26 Å². The Kier molecular flexibility index (Phi) is 7.10. The van der Waals surface area contributed by atoms with Crippen LogP contribution in [0.4, 0.5) is 0 Å². The minimum absolute atomic E-state index is 0. The van der Waals surface area contributed by atoms with E-state index in [2.05, 4.69) is 6.19 Å². The molecular weight excluding hydrogens is 119 g/mol. The van der Waals surface area contributed by atoms with E-state index in [0.717, 1.165) is 0 Å². The maximum absolute atomic E-state index is 8.54. The summed E-state index contributed by atoms with van der Waals surface area (Å²) in [5.41, 5.74) is 0. The van der Waals surface area contributed by atoms with Gasteiger partial charge in [-0.2, -0.15) is 5.26 Å². The standard InChI is InChI=1S/C7H14N2.Li.H/c1-6(2)9(5-8)7(3)4;;/h6-7H,1-4H3;;/q;+1;-1. The number of rotatable bonds is 2. The Morgan fingerprint density at radius 2 is 1.50 bits per heavy atom. The van der Waals surface area contributed by atoms with Gasteiger partial charge in [-0.05, 0) is 27.7 Å². The molecular formula is C7H15LiN2. The Labute approximate surface area is 76.9 Å². The summed E-state index contributed by atoms with van der Waals surface area (Å²) < 4.78 is 0. The van der Waals surface area contributed by atoms with Crippen molar-refractivity contribution >= 4 is 0 Å². The summed E-state index contributed by atoms with van der Waals surface area (Å²) in [4.78, 5) is 1.76. The smallest absolute Gasteiger partial charge is 1.00 e. The Morgan fingerprint density at radius 1 is 1.20 bits per heavy atom. The molecule has 0 atom stereocenters. The van der Waals surface area contributed by atoms with Gasteiger partial charge >= 0.3 is 18.9 Å². The molecule has 0 N–H and O–H groups in total. The fourth-order valence-electron chi connectivity index (χ4n) is 0.827. The Balaban J connectivity index is -0.000000320. The molecule has 0 bridgehead atoms. The molecule has 0 aromatic carbocycles. The van der Waals surface area contributed by atoms with Crippen LogP contribution in [0.25, 0.3) is 0 Å². The zero-order valence-corrected chi connectivity index (χ0v) is 7.55. The molecule has 0 aliphatic carbocycles. The zero-order valence-electron chi connectivity index (χ0n) is 8.55. The van der Waals surface area contributed by atoms with Crippen LogP contribution in [0, 0.1) is 11.5 Å². The van der Waals surface area contributed by atoms with Gasteiger partial charge in [0.25, 0.3) is 0 Å². The minimum atomic E-state index is 0. The topological polar surface area (TPSA) is 27.0 Å². The average molecular weight is 134 g/mol. The van der Waals surface area contributed by atoms with E-state index in [1.807, 2.05) is 27.7 Å². The van der Waals surface area contributed by atoms with Crippen molar-refractivity contribution in [3.05, 3.63) is 0 Å². The van der Waals surface area contributed by atoms with Gasteiger partial charge in [0.1, 0.15) is 0 Å². The van der Waals surface area contributed by atoms with E-state index in [-0.39, 0.29) is 20.3 Å². The Hall–Kier alpha value is -0.113. The fraction of sp³-hybridized carbons (Fsp3) is 0.857. The van der Waals surface area contributed by atoms with Crippen molar-refractivity contribution < 1.29 is 20.3 Å². The maximum atomic E-state index is 8.54. The number of hydrogen-bond donors (Lipinski definition) is 0. The predicted molar refractivity (Wildman–Crippen MR) is 38.8 cm³/mol. The summed E-state index contributed by atoms with van der Waals surface area (Å²) >= 11 is 0. The third-order valence-corrected chi connectivity index (χ3v) is 1.23. The molecule has 0 heterocycles. The van der Waals surface area contributed by atoms with Crippen molar-refractivity contribution in [1.82, 2.24) is 4.90 Å². The first-order valence-corrected chi connectivity index (χ1v) is 3.27. The van der Waals surface area contributed by atoms with Crippen LogP contribution in [-0.4, -0.2) is 17.0 Å². The Morgan fingerprint density at radius 3 is 1.50 bits per heavy atom. The van der Waals surface area contributed by atoms with Crippen LogP contribution in [0.3, 0.4) is 0 Å². The first-order valence-electron chi connectivity index (χ1n) is 3.27. The average Bonchev–Trinajstić information content (AvgIpc) is 1.64. The number of hydrogen-bond acceptors (Lipinski definition) is 2. The fourth-order valence-corrected chi connectivity index (χ4v) is 0.827.